The van der Waals surface area contributed by atoms with Crippen molar-refractivity contribution in [3.63, 3.8) is 0 Å². The zero-order valence-electron chi connectivity index (χ0n) is 15.5. The zero-order valence-corrected chi connectivity index (χ0v) is 18.6. The number of ether oxygens (including phenoxy) is 2. The molecule has 2 aromatic carbocycles. The minimum Gasteiger partial charge on any atom is -0.493 e. The summed E-state index contributed by atoms with van der Waals surface area (Å²) < 4.78 is 10.6. The van der Waals surface area contributed by atoms with E-state index in [1.807, 2.05) is 36.4 Å². The summed E-state index contributed by atoms with van der Waals surface area (Å²) in [4.78, 5) is 4.43. The maximum absolute atomic E-state index is 6.12. The molecule has 0 heterocycles. The minimum absolute atomic E-state index is 0. The first-order valence-corrected chi connectivity index (χ1v) is 8.95. The van der Waals surface area contributed by atoms with Crippen LogP contribution in [-0.2, 0) is 12.0 Å². The molecular formula is C20H25ClIN3O2. The van der Waals surface area contributed by atoms with Crippen LogP contribution in [0.15, 0.2) is 47.5 Å². The monoisotopic (exact) mass is 501 g/mol. The van der Waals surface area contributed by atoms with E-state index in [1.165, 1.54) is 5.56 Å². The molecule has 0 aromatic heterocycles. The van der Waals surface area contributed by atoms with Gasteiger partial charge in [-0.1, -0.05) is 29.8 Å². The number of halogens is 2. The topological polar surface area (TPSA) is 68.9 Å². The maximum Gasteiger partial charge on any atom is 0.188 e. The van der Waals surface area contributed by atoms with E-state index in [2.05, 4.69) is 16.4 Å². The van der Waals surface area contributed by atoms with Crippen LogP contribution in [0.2, 0.25) is 5.02 Å². The molecule has 146 valence electrons. The van der Waals surface area contributed by atoms with Gasteiger partial charge >= 0.3 is 0 Å². The van der Waals surface area contributed by atoms with Gasteiger partial charge in [0.25, 0.3) is 0 Å². The number of benzene rings is 2. The Hall–Kier alpha value is -1.67. The molecule has 0 unspecified atom stereocenters. The van der Waals surface area contributed by atoms with Crippen LogP contribution in [0, 0.1) is 0 Å². The molecule has 0 radical (unpaired) electrons. The van der Waals surface area contributed by atoms with Crippen molar-refractivity contribution in [2.45, 2.75) is 24.8 Å². The van der Waals surface area contributed by atoms with Crippen LogP contribution in [0.25, 0.3) is 0 Å². The fourth-order valence-electron chi connectivity index (χ4n) is 3.01. The second-order valence-corrected chi connectivity index (χ2v) is 6.97. The number of methoxy groups -OCH3 is 2. The lowest BCUT2D eigenvalue weighted by Crippen LogP contribution is -2.37. The first kappa shape index (κ1) is 21.6. The smallest absolute Gasteiger partial charge is 0.188 e. The van der Waals surface area contributed by atoms with E-state index < -0.39 is 0 Å². The first-order chi connectivity index (χ1) is 12.6. The summed E-state index contributed by atoms with van der Waals surface area (Å²) in [6.07, 6.45) is 2.26. The number of guanidine groups is 1. The van der Waals surface area contributed by atoms with E-state index in [4.69, 9.17) is 26.8 Å². The van der Waals surface area contributed by atoms with Crippen LogP contribution in [0.4, 0.5) is 0 Å². The van der Waals surface area contributed by atoms with Crippen LogP contribution in [0.3, 0.4) is 0 Å². The summed E-state index contributed by atoms with van der Waals surface area (Å²) in [6.45, 7) is 1.23. The Labute approximate surface area is 182 Å². The average Bonchev–Trinajstić information content (AvgIpc) is 3.45. The Morgan fingerprint density at radius 2 is 1.89 bits per heavy atom. The van der Waals surface area contributed by atoms with Gasteiger partial charge in [-0.3, -0.25) is 0 Å². The molecule has 5 nitrogen and oxygen atoms in total. The van der Waals surface area contributed by atoms with Gasteiger partial charge in [0.1, 0.15) is 0 Å². The standard InChI is InChI=1S/C20H24ClN3O2.HI/c1-25-17-7-6-14(10-18(17)26-2)12-23-19(22)24-13-20(8-9-20)15-4-3-5-16(21)11-15;/h3-7,10-11H,8-9,12-13H2,1-2H3,(H3,22,23,24);1H. The predicted molar refractivity (Wildman–Crippen MR) is 121 cm³/mol. The van der Waals surface area contributed by atoms with E-state index in [1.54, 1.807) is 14.2 Å². The number of aliphatic imine (C=N–C) groups is 1. The third kappa shape index (κ3) is 5.42. The van der Waals surface area contributed by atoms with E-state index >= 15 is 0 Å². The zero-order chi connectivity index (χ0) is 18.6. The molecule has 0 atom stereocenters. The molecule has 0 amide bonds. The molecule has 1 fully saturated rings. The van der Waals surface area contributed by atoms with Crippen molar-refractivity contribution in [1.29, 1.82) is 0 Å². The average molecular weight is 502 g/mol. The summed E-state index contributed by atoms with van der Waals surface area (Å²) in [7, 11) is 3.23. The molecule has 1 aliphatic carbocycles. The quantitative estimate of drug-likeness (QED) is 0.340. The molecule has 7 heteroatoms. The van der Waals surface area contributed by atoms with Crippen LogP contribution in [0.1, 0.15) is 24.0 Å². The SMILES string of the molecule is COc1ccc(CN=C(N)NCC2(c3cccc(Cl)c3)CC2)cc1OC.I. The van der Waals surface area contributed by atoms with E-state index in [9.17, 15) is 0 Å². The number of nitrogens with one attached hydrogen (secondary N) is 1. The molecule has 27 heavy (non-hydrogen) atoms. The highest BCUT2D eigenvalue weighted by Crippen LogP contribution is 2.48. The Morgan fingerprint density at radius 3 is 2.52 bits per heavy atom. The fourth-order valence-corrected chi connectivity index (χ4v) is 3.20. The molecule has 3 N–H and O–H groups in total. The van der Waals surface area contributed by atoms with Crippen LogP contribution < -0.4 is 20.5 Å². The van der Waals surface area contributed by atoms with Gasteiger partial charge in [0.05, 0.1) is 20.8 Å². The Balaban J connectivity index is 0.00000261. The highest BCUT2D eigenvalue weighted by atomic mass is 127. The van der Waals surface area contributed by atoms with Gasteiger partial charge in [-0.05, 0) is 48.2 Å². The van der Waals surface area contributed by atoms with Gasteiger partial charge in [-0.15, -0.1) is 24.0 Å². The van der Waals surface area contributed by atoms with Crippen molar-refractivity contribution in [1.82, 2.24) is 5.32 Å². The Morgan fingerprint density at radius 1 is 1.15 bits per heavy atom. The molecule has 1 aliphatic rings. The highest BCUT2D eigenvalue weighted by Gasteiger charge is 2.44. The number of rotatable bonds is 7. The molecule has 0 saturated heterocycles. The molecule has 3 rings (SSSR count). The Kier molecular flexibility index (Phi) is 7.61. The second kappa shape index (κ2) is 9.50. The van der Waals surface area contributed by atoms with Gasteiger partial charge in [0.15, 0.2) is 17.5 Å². The fraction of sp³-hybridized carbons (Fsp3) is 0.350. The summed E-state index contributed by atoms with van der Waals surface area (Å²) in [6, 6.07) is 13.8. The lowest BCUT2D eigenvalue weighted by atomic mass is 9.96. The van der Waals surface area contributed by atoms with E-state index in [0.717, 1.165) is 30.0 Å². The molecule has 0 bridgehead atoms. The lowest BCUT2D eigenvalue weighted by Gasteiger charge is -2.17. The van der Waals surface area contributed by atoms with E-state index in [-0.39, 0.29) is 29.4 Å². The predicted octanol–water partition coefficient (Wildman–Crippen LogP) is 4.11. The van der Waals surface area contributed by atoms with Gasteiger partial charge < -0.3 is 20.5 Å². The highest BCUT2D eigenvalue weighted by molar-refractivity contribution is 14.0. The van der Waals surface area contributed by atoms with Crippen molar-refractivity contribution in [3.05, 3.63) is 58.6 Å². The maximum atomic E-state index is 6.12. The van der Waals surface area contributed by atoms with Crippen molar-refractivity contribution < 1.29 is 9.47 Å². The van der Waals surface area contributed by atoms with Gasteiger partial charge in [-0.2, -0.15) is 0 Å². The van der Waals surface area contributed by atoms with Crippen LogP contribution in [-0.4, -0.2) is 26.7 Å². The van der Waals surface area contributed by atoms with Crippen molar-refractivity contribution in [2.24, 2.45) is 10.7 Å². The summed E-state index contributed by atoms with van der Waals surface area (Å²) >= 11 is 6.12. The summed E-state index contributed by atoms with van der Waals surface area (Å²) in [5.74, 6) is 1.82. The molecule has 0 spiro atoms. The number of nitrogens with zero attached hydrogens (tertiary/aromatic N) is 1. The van der Waals surface area contributed by atoms with Crippen LogP contribution >= 0.6 is 35.6 Å². The van der Waals surface area contributed by atoms with Crippen LogP contribution in [0.5, 0.6) is 11.5 Å². The molecule has 2 aromatic rings. The number of hydrogen-bond donors (Lipinski definition) is 2. The van der Waals surface area contributed by atoms with Gasteiger partial charge in [0.2, 0.25) is 0 Å². The summed E-state index contributed by atoms with van der Waals surface area (Å²) in [5, 5.41) is 4.02. The van der Waals surface area contributed by atoms with Gasteiger partial charge in [-0.25, -0.2) is 4.99 Å². The number of hydrogen-bond acceptors (Lipinski definition) is 3. The largest absolute Gasteiger partial charge is 0.493 e. The van der Waals surface area contributed by atoms with Crippen molar-refractivity contribution in [3.8, 4) is 11.5 Å². The first-order valence-electron chi connectivity index (χ1n) is 8.57. The molecular weight excluding hydrogens is 477 g/mol. The normalized spacial score (nSPS) is 14.9. The number of nitrogens with two attached hydrogens (primary N) is 1. The van der Waals surface area contributed by atoms with Crippen molar-refractivity contribution >= 4 is 41.5 Å². The third-order valence-electron chi connectivity index (χ3n) is 4.78. The summed E-state index contributed by atoms with van der Waals surface area (Å²) in [5.41, 5.74) is 8.43. The molecule has 0 aliphatic heterocycles. The van der Waals surface area contributed by atoms with Crippen molar-refractivity contribution in [2.75, 3.05) is 20.8 Å². The van der Waals surface area contributed by atoms with E-state index in [0.29, 0.717) is 24.0 Å². The second-order valence-electron chi connectivity index (χ2n) is 6.54. The molecule has 1 saturated carbocycles. The van der Waals surface area contributed by atoms with Gasteiger partial charge in [0, 0.05) is 17.0 Å². The Bertz CT molecular complexity index is 810. The lowest BCUT2D eigenvalue weighted by molar-refractivity contribution is 0.354. The minimum atomic E-state index is 0. The third-order valence-corrected chi connectivity index (χ3v) is 5.01.